The minimum atomic E-state index is 0.165. The second-order valence-electron chi connectivity index (χ2n) is 4.01. The molecule has 2 N–H and O–H groups in total. The molecule has 0 unspecified atom stereocenters. The summed E-state index contributed by atoms with van der Waals surface area (Å²) in [6.45, 7) is 4.29. The molecule has 0 aromatic carbocycles. The van der Waals surface area contributed by atoms with Gasteiger partial charge in [-0.05, 0) is 19.8 Å². The predicted octanol–water partition coefficient (Wildman–Crippen LogP) is 2.48. The van der Waals surface area contributed by atoms with E-state index in [0.29, 0.717) is 0 Å². The summed E-state index contributed by atoms with van der Waals surface area (Å²) in [5, 5.41) is 0. The van der Waals surface area contributed by atoms with Crippen molar-refractivity contribution in [3.63, 3.8) is 0 Å². The standard InChI is InChI=1S/C10H20N2/c1-3-9(11)12-10(2)7-5-4-6-8-10/h3-8H2,1-2H3,(H2,11,12). The number of nitrogens with zero attached hydrogens (tertiary/aromatic N) is 1. The van der Waals surface area contributed by atoms with E-state index in [-0.39, 0.29) is 5.54 Å². The van der Waals surface area contributed by atoms with Gasteiger partial charge in [0.2, 0.25) is 0 Å². The van der Waals surface area contributed by atoms with E-state index in [2.05, 4.69) is 18.8 Å². The molecule has 0 spiro atoms. The summed E-state index contributed by atoms with van der Waals surface area (Å²) in [5.41, 5.74) is 5.90. The lowest BCUT2D eigenvalue weighted by Crippen LogP contribution is -2.28. The Morgan fingerprint density at radius 1 is 1.33 bits per heavy atom. The smallest absolute Gasteiger partial charge is 0.0941 e. The summed E-state index contributed by atoms with van der Waals surface area (Å²) >= 11 is 0. The molecule has 2 nitrogen and oxygen atoms in total. The molecular formula is C10H20N2. The first-order valence-electron chi connectivity index (χ1n) is 5.00. The molecule has 12 heavy (non-hydrogen) atoms. The van der Waals surface area contributed by atoms with Crippen LogP contribution in [-0.4, -0.2) is 11.4 Å². The third kappa shape index (κ3) is 2.50. The van der Waals surface area contributed by atoms with Crippen molar-refractivity contribution < 1.29 is 0 Å². The van der Waals surface area contributed by atoms with Crippen molar-refractivity contribution in [2.24, 2.45) is 10.7 Å². The molecule has 0 atom stereocenters. The first-order valence-corrected chi connectivity index (χ1v) is 5.00. The van der Waals surface area contributed by atoms with Crippen molar-refractivity contribution in [2.45, 2.75) is 57.9 Å². The van der Waals surface area contributed by atoms with Crippen LogP contribution < -0.4 is 5.73 Å². The van der Waals surface area contributed by atoms with Gasteiger partial charge in [-0.1, -0.05) is 26.2 Å². The lowest BCUT2D eigenvalue weighted by molar-refractivity contribution is 0.324. The van der Waals surface area contributed by atoms with E-state index in [1.54, 1.807) is 0 Å². The van der Waals surface area contributed by atoms with Gasteiger partial charge in [0, 0.05) is 6.42 Å². The topological polar surface area (TPSA) is 38.4 Å². The van der Waals surface area contributed by atoms with E-state index in [0.717, 1.165) is 12.3 Å². The first kappa shape index (κ1) is 9.56. The molecular weight excluding hydrogens is 148 g/mol. The minimum Gasteiger partial charge on any atom is -0.387 e. The number of hydrogen-bond acceptors (Lipinski definition) is 1. The summed E-state index contributed by atoms with van der Waals surface area (Å²) in [6.07, 6.45) is 7.32. The van der Waals surface area contributed by atoms with Crippen LogP contribution in [0.15, 0.2) is 4.99 Å². The van der Waals surface area contributed by atoms with Crippen LogP contribution in [0.3, 0.4) is 0 Å². The molecule has 0 radical (unpaired) electrons. The largest absolute Gasteiger partial charge is 0.387 e. The molecule has 0 bridgehead atoms. The van der Waals surface area contributed by atoms with Gasteiger partial charge in [0.1, 0.15) is 0 Å². The van der Waals surface area contributed by atoms with E-state index >= 15 is 0 Å². The molecule has 70 valence electrons. The number of hydrogen-bond donors (Lipinski definition) is 1. The third-order valence-corrected chi connectivity index (χ3v) is 2.71. The summed E-state index contributed by atoms with van der Waals surface area (Å²) in [7, 11) is 0. The lowest BCUT2D eigenvalue weighted by atomic mass is 9.84. The molecule has 0 heterocycles. The van der Waals surface area contributed by atoms with Gasteiger partial charge < -0.3 is 5.73 Å². The van der Waals surface area contributed by atoms with Crippen LogP contribution in [0.2, 0.25) is 0 Å². The molecule has 0 aliphatic heterocycles. The number of nitrogens with two attached hydrogens (primary N) is 1. The summed E-state index contributed by atoms with van der Waals surface area (Å²) < 4.78 is 0. The Morgan fingerprint density at radius 3 is 2.42 bits per heavy atom. The monoisotopic (exact) mass is 168 g/mol. The minimum absolute atomic E-state index is 0.165. The molecule has 0 saturated heterocycles. The Bertz CT molecular complexity index is 167. The quantitative estimate of drug-likeness (QED) is 0.499. The number of amidine groups is 1. The van der Waals surface area contributed by atoms with Gasteiger partial charge >= 0.3 is 0 Å². The van der Waals surface area contributed by atoms with Gasteiger partial charge in [-0.25, -0.2) is 0 Å². The van der Waals surface area contributed by atoms with Crippen LogP contribution in [0, 0.1) is 0 Å². The Labute approximate surface area is 75.3 Å². The predicted molar refractivity (Wildman–Crippen MR) is 53.4 cm³/mol. The van der Waals surface area contributed by atoms with Crippen LogP contribution in [0.5, 0.6) is 0 Å². The molecule has 0 aromatic rings. The fraction of sp³-hybridized carbons (Fsp3) is 0.900. The zero-order valence-corrected chi connectivity index (χ0v) is 8.27. The average molecular weight is 168 g/mol. The van der Waals surface area contributed by atoms with Crippen molar-refractivity contribution in [1.82, 2.24) is 0 Å². The fourth-order valence-corrected chi connectivity index (χ4v) is 1.85. The second-order valence-corrected chi connectivity index (χ2v) is 4.01. The third-order valence-electron chi connectivity index (χ3n) is 2.71. The second kappa shape index (κ2) is 3.92. The van der Waals surface area contributed by atoms with Gasteiger partial charge in [0.05, 0.1) is 11.4 Å². The summed E-state index contributed by atoms with van der Waals surface area (Å²) in [6, 6.07) is 0. The maximum Gasteiger partial charge on any atom is 0.0941 e. The fourth-order valence-electron chi connectivity index (χ4n) is 1.85. The van der Waals surface area contributed by atoms with Gasteiger partial charge in [-0.15, -0.1) is 0 Å². The van der Waals surface area contributed by atoms with Crippen molar-refractivity contribution in [1.29, 1.82) is 0 Å². The van der Waals surface area contributed by atoms with Crippen LogP contribution in [0.4, 0.5) is 0 Å². The normalized spacial score (nSPS) is 24.0. The van der Waals surface area contributed by atoms with Crippen molar-refractivity contribution in [2.75, 3.05) is 0 Å². The van der Waals surface area contributed by atoms with E-state index in [1.807, 2.05) is 0 Å². The zero-order chi connectivity index (χ0) is 9.03. The van der Waals surface area contributed by atoms with E-state index < -0.39 is 0 Å². The molecule has 2 heteroatoms. The Kier molecular flexibility index (Phi) is 3.12. The summed E-state index contributed by atoms with van der Waals surface area (Å²) in [5.74, 6) is 0.819. The van der Waals surface area contributed by atoms with E-state index in [9.17, 15) is 0 Å². The Hall–Kier alpha value is -0.530. The highest BCUT2D eigenvalue weighted by molar-refractivity contribution is 5.80. The van der Waals surface area contributed by atoms with Crippen LogP contribution in [0.25, 0.3) is 0 Å². The molecule has 1 fully saturated rings. The number of aliphatic imine (C=N–C) groups is 1. The highest BCUT2D eigenvalue weighted by Gasteiger charge is 2.25. The molecule has 1 aliphatic rings. The molecule has 1 aliphatic carbocycles. The zero-order valence-electron chi connectivity index (χ0n) is 8.27. The SMILES string of the molecule is CCC(N)=NC1(C)CCCCC1. The Balaban J connectivity index is 2.57. The average Bonchev–Trinajstić information content (AvgIpc) is 2.05. The maximum atomic E-state index is 5.74. The van der Waals surface area contributed by atoms with Crippen LogP contribution in [0.1, 0.15) is 52.4 Å². The van der Waals surface area contributed by atoms with Crippen molar-refractivity contribution in [3.8, 4) is 0 Å². The first-order chi connectivity index (χ1) is 5.66. The van der Waals surface area contributed by atoms with Gasteiger partial charge in [-0.3, -0.25) is 4.99 Å². The maximum absolute atomic E-state index is 5.74. The van der Waals surface area contributed by atoms with Gasteiger partial charge in [0.25, 0.3) is 0 Å². The van der Waals surface area contributed by atoms with Crippen molar-refractivity contribution >= 4 is 5.84 Å². The van der Waals surface area contributed by atoms with Crippen LogP contribution >= 0.6 is 0 Å². The van der Waals surface area contributed by atoms with Crippen LogP contribution in [-0.2, 0) is 0 Å². The van der Waals surface area contributed by atoms with Gasteiger partial charge in [0.15, 0.2) is 0 Å². The summed E-state index contributed by atoms with van der Waals surface area (Å²) in [4.78, 5) is 4.58. The van der Waals surface area contributed by atoms with Crippen molar-refractivity contribution in [3.05, 3.63) is 0 Å². The Morgan fingerprint density at radius 2 is 1.92 bits per heavy atom. The van der Waals surface area contributed by atoms with Gasteiger partial charge in [-0.2, -0.15) is 0 Å². The molecule has 1 saturated carbocycles. The lowest BCUT2D eigenvalue weighted by Gasteiger charge is -2.29. The highest BCUT2D eigenvalue weighted by Crippen LogP contribution is 2.31. The molecule has 1 rings (SSSR count). The highest BCUT2D eigenvalue weighted by atomic mass is 14.9. The van der Waals surface area contributed by atoms with E-state index in [1.165, 1.54) is 32.1 Å². The number of rotatable bonds is 2. The van der Waals surface area contributed by atoms with E-state index in [4.69, 9.17) is 5.73 Å². The molecule has 0 aromatic heterocycles. The molecule has 0 amide bonds.